The van der Waals surface area contributed by atoms with Crippen LogP contribution in [0.1, 0.15) is 31.2 Å². The molecule has 2 heterocycles. The number of nitriles is 1. The van der Waals surface area contributed by atoms with E-state index in [9.17, 15) is 14.9 Å². The van der Waals surface area contributed by atoms with E-state index in [4.69, 9.17) is 11.0 Å². The summed E-state index contributed by atoms with van der Waals surface area (Å²) in [5.41, 5.74) is 6.25. The first-order chi connectivity index (χ1) is 12.0. The Morgan fingerprint density at radius 3 is 2.60 bits per heavy atom. The monoisotopic (exact) mass is 343 g/mol. The molecule has 0 radical (unpaired) electrons. The molecule has 0 bridgehead atoms. The van der Waals surface area contributed by atoms with E-state index in [1.807, 2.05) is 6.07 Å². The SMILES string of the molecule is N#Cc1cc(N2CCC(N3CCC[C@@H]3C(N)=O)CC2)ccc1[N+](=O)[O-]. The second kappa shape index (κ2) is 7.07. The van der Waals surface area contributed by atoms with Crippen LogP contribution in [0.4, 0.5) is 11.4 Å². The van der Waals surface area contributed by atoms with Gasteiger partial charge in [-0.3, -0.25) is 19.8 Å². The molecule has 2 fully saturated rings. The Morgan fingerprint density at radius 1 is 1.28 bits per heavy atom. The highest BCUT2D eigenvalue weighted by atomic mass is 16.6. The summed E-state index contributed by atoms with van der Waals surface area (Å²) in [7, 11) is 0. The quantitative estimate of drug-likeness (QED) is 0.652. The molecular weight excluding hydrogens is 322 g/mol. The van der Waals surface area contributed by atoms with Crippen LogP contribution in [-0.2, 0) is 4.79 Å². The second-order valence-electron chi connectivity index (χ2n) is 6.59. The number of nitrogens with two attached hydrogens (primary N) is 1. The summed E-state index contributed by atoms with van der Waals surface area (Å²) in [5.74, 6) is -0.242. The van der Waals surface area contributed by atoms with Gasteiger partial charge in [0.25, 0.3) is 5.69 Å². The predicted octanol–water partition coefficient (Wildman–Crippen LogP) is 1.38. The molecule has 1 atom stereocenters. The molecule has 2 aliphatic heterocycles. The number of likely N-dealkylation sites (tertiary alicyclic amines) is 1. The lowest BCUT2D eigenvalue weighted by Gasteiger charge is -2.39. The van der Waals surface area contributed by atoms with Gasteiger partial charge >= 0.3 is 0 Å². The minimum Gasteiger partial charge on any atom is -0.371 e. The zero-order valence-corrected chi connectivity index (χ0v) is 13.9. The standard InChI is InChI=1S/C17H21N5O3/c18-11-12-10-14(3-4-15(12)22(24)25)20-8-5-13(6-9-20)21-7-1-2-16(21)17(19)23/h3-4,10,13,16H,1-2,5-9H2,(H2,19,23)/t16-/m1/s1. The van der Waals surface area contributed by atoms with E-state index in [1.54, 1.807) is 12.1 Å². The Labute approximate surface area is 146 Å². The summed E-state index contributed by atoms with van der Waals surface area (Å²) in [6.07, 6.45) is 3.65. The van der Waals surface area contributed by atoms with Gasteiger partial charge in [0.1, 0.15) is 11.6 Å². The van der Waals surface area contributed by atoms with Crippen LogP contribution in [0.2, 0.25) is 0 Å². The van der Waals surface area contributed by atoms with Crippen molar-refractivity contribution in [3.8, 4) is 6.07 Å². The Balaban J connectivity index is 1.67. The highest BCUT2D eigenvalue weighted by Crippen LogP contribution is 2.30. The Morgan fingerprint density at radius 2 is 2.00 bits per heavy atom. The molecule has 0 aromatic heterocycles. The van der Waals surface area contributed by atoms with E-state index in [2.05, 4.69) is 9.80 Å². The predicted molar refractivity (Wildman–Crippen MR) is 92.0 cm³/mol. The molecule has 2 N–H and O–H groups in total. The first-order valence-corrected chi connectivity index (χ1v) is 8.50. The summed E-state index contributed by atoms with van der Waals surface area (Å²) in [4.78, 5) is 26.4. The smallest absolute Gasteiger partial charge is 0.287 e. The van der Waals surface area contributed by atoms with E-state index in [0.29, 0.717) is 6.04 Å². The third kappa shape index (κ3) is 3.42. The van der Waals surface area contributed by atoms with Crippen molar-refractivity contribution in [2.45, 2.75) is 37.8 Å². The average Bonchev–Trinajstić information content (AvgIpc) is 3.11. The first-order valence-electron chi connectivity index (χ1n) is 8.50. The lowest BCUT2D eigenvalue weighted by Crippen LogP contribution is -2.50. The van der Waals surface area contributed by atoms with Crippen molar-refractivity contribution in [3.05, 3.63) is 33.9 Å². The molecule has 8 nitrogen and oxygen atoms in total. The number of hydrogen-bond acceptors (Lipinski definition) is 6. The molecule has 1 aromatic rings. The molecular formula is C17H21N5O3. The summed E-state index contributed by atoms with van der Waals surface area (Å²) in [6.45, 7) is 2.49. The van der Waals surface area contributed by atoms with Gasteiger partial charge in [0.05, 0.1) is 11.0 Å². The van der Waals surface area contributed by atoms with Gasteiger partial charge in [-0.25, -0.2) is 0 Å². The fourth-order valence-corrected chi connectivity index (χ4v) is 3.96. The number of primary amides is 1. The average molecular weight is 343 g/mol. The topological polar surface area (TPSA) is 117 Å². The second-order valence-corrected chi connectivity index (χ2v) is 6.59. The number of nitro groups is 1. The van der Waals surface area contributed by atoms with Crippen LogP contribution in [0.25, 0.3) is 0 Å². The van der Waals surface area contributed by atoms with Gasteiger partial charge in [-0.15, -0.1) is 0 Å². The Bertz CT molecular complexity index is 721. The van der Waals surface area contributed by atoms with Crippen molar-refractivity contribution in [2.24, 2.45) is 5.73 Å². The van der Waals surface area contributed by atoms with E-state index in [1.165, 1.54) is 6.07 Å². The van der Waals surface area contributed by atoms with Gasteiger partial charge in [-0.05, 0) is 44.4 Å². The molecule has 0 spiro atoms. The maximum Gasteiger partial charge on any atom is 0.287 e. The number of nitro benzene ring substituents is 1. The summed E-state index contributed by atoms with van der Waals surface area (Å²) in [6, 6.07) is 6.76. The van der Waals surface area contributed by atoms with E-state index < -0.39 is 4.92 Å². The molecule has 8 heteroatoms. The van der Waals surface area contributed by atoms with Gasteiger partial charge in [0.15, 0.2) is 0 Å². The van der Waals surface area contributed by atoms with Gasteiger partial charge in [0, 0.05) is 30.9 Å². The van der Waals surface area contributed by atoms with Gasteiger partial charge in [0.2, 0.25) is 5.91 Å². The van der Waals surface area contributed by atoms with Crippen LogP contribution in [-0.4, -0.2) is 47.4 Å². The fraction of sp³-hybridized carbons (Fsp3) is 0.529. The fourth-order valence-electron chi connectivity index (χ4n) is 3.96. The number of piperidine rings is 1. The van der Waals surface area contributed by atoms with E-state index in [0.717, 1.165) is 51.0 Å². The zero-order chi connectivity index (χ0) is 18.0. The lowest BCUT2D eigenvalue weighted by molar-refractivity contribution is -0.385. The number of carbonyl (C=O) groups excluding carboxylic acids is 1. The summed E-state index contributed by atoms with van der Waals surface area (Å²) >= 11 is 0. The van der Waals surface area contributed by atoms with Crippen LogP contribution in [0.15, 0.2) is 18.2 Å². The van der Waals surface area contributed by atoms with Crippen molar-refractivity contribution >= 4 is 17.3 Å². The minimum atomic E-state index is -0.536. The highest BCUT2D eigenvalue weighted by molar-refractivity contribution is 5.80. The van der Waals surface area contributed by atoms with Gasteiger partial charge in [-0.2, -0.15) is 5.26 Å². The molecule has 0 saturated carbocycles. The van der Waals surface area contributed by atoms with Crippen LogP contribution in [0.3, 0.4) is 0 Å². The van der Waals surface area contributed by atoms with Gasteiger partial charge < -0.3 is 10.6 Å². The van der Waals surface area contributed by atoms with E-state index >= 15 is 0 Å². The number of anilines is 1. The van der Waals surface area contributed by atoms with Gasteiger partial charge in [-0.1, -0.05) is 0 Å². The number of carbonyl (C=O) groups is 1. The third-order valence-electron chi connectivity index (χ3n) is 5.22. The highest BCUT2D eigenvalue weighted by Gasteiger charge is 2.35. The zero-order valence-electron chi connectivity index (χ0n) is 13.9. The van der Waals surface area contributed by atoms with Crippen molar-refractivity contribution in [1.29, 1.82) is 5.26 Å². The number of hydrogen-bond donors (Lipinski definition) is 1. The number of benzene rings is 1. The molecule has 132 valence electrons. The molecule has 3 rings (SSSR count). The van der Waals surface area contributed by atoms with Crippen molar-refractivity contribution < 1.29 is 9.72 Å². The van der Waals surface area contributed by atoms with E-state index in [-0.39, 0.29) is 23.2 Å². The van der Waals surface area contributed by atoms with Crippen LogP contribution >= 0.6 is 0 Å². The molecule has 1 aromatic carbocycles. The normalized spacial score (nSPS) is 21.9. The number of rotatable bonds is 4. The molecule has 0 unspecified atom stereocenters. The van der Waals surface area contributed by atoms with Crippen LogP contribution in [0, 0.1) is 21.4 Å². The molecule has 0 aliphatic carbocycles. The van der Waals surface area contributed by atoms with Crippen molar-refractivity contribution in [2.75, 3.05) is 24.5 Å². The molecule has 25 heavy (non-hydrogen) atoms. The maximum absolute atomic E-state index is 11.6. The maximum atomic E-state index is 11.6. The van der Waals surface area contributed by atoms with Crippen molar-refractivity contribution in [1.82, 2.24) is 4.90 Å². The third-order valence-corrected chi connectivity index (χ3v) is 5.22. The molecule has 1 amide bonds. The Kier molecular flexibility index (Phi) is 4.86. The van der Waals surface area contributed by atoms with Crippen LogP contribution < -0.4 is 10.6 Å². The Hall–Kier alpha value is -2.66. The molecule has 2 aliphatic rings. The summed E-state index contributed by atoms with van der Waals surface area (Å²) < 4.78 is 0. The minimum absolute atomic E-state index is 0.0814. The van der Waals surface area contributed by atoms with Crippen molar-refractivity contribution in [3.63, 3.8) is 0 Å². The lowest BCUT2D eigenvalue weighted by atomic mass is 10.0. The first kappa shape index (κ1) is 17.2. The number of nitrogens with zero attached hydrogens (tertiary/aromatic N) is 4. The summed E-state index contributed by atoms with van der Waals surface area (Å²) in [5, 5.41) is 20.1. The number of amides is 1. The van der Waals surface area contributed by atoms with Crippen LogP contribution in [0.5, 0.6) is 0 Å². The molecule has 2 saturated heterocycles. The largest absolute Gasteiger partial charge is 0.371 e.